The molecule has 116 valence electrons. The molecule has 2 N–H and O–H groups in total. The number of aliphatic carboxylic acids is 1. The van der Waals surface area contributed by atoms with Crippen molar-refractivity contribution >= 4 is 5.97 Å². The molecule has 1 unspecified atom stereocenters. The Labute approximate surface area is 126 Å². The largest absolute Gasteiger partial charge is 0.487 e. The van der Waals surface area contributed by atoms with Gasteiger partial charge in [0.05, 0.1) is 0 Å². The molecule has 1 heterocycles. The van der Waals surface area contributed by atoms with Crippen LogP contribution < -0.4 is 10.1 Å². The number of para-hydroxylation sites is 1. The van der Waals surface area contributed by atoms with Gasteiger partial charge >= 0.3 is 5.97 Å². The molecular formula is C17H25NO3. The van der Waals surface area contributed by atoms with Crippen molar-refractivity contribution in [1.29, 1.82) is 0 Å². The molecule has 0 saturated carbocycles. The average molecular weight is 291 g/mol. The molecular weight excluding hydrogens is 266 g/mol. The van der Waals surface area contributed by atoms with E-state index in [1.165, 1.54) is 5.56 Å². The van der Waals surface area contributed by atoms with Crippen molar-refractivity contribution < 1.29 is 14.6 Å². The highest BCUT2D eigenvalue weighted by Crippen LogP contribution is 2.37. The molecule has 2 rings (SSSR count). The first-order chi connectivity index (χ1) is 9.77. The third-order valence-electron chi connectivity index (χ3n) is 4.06. The number of benzene rings is 1. The van der Waals surface area contributed by atoms with E-state index >= 15 is 0 Å². The number of hydrogen-bond acceptors (Lipinski definition) is 3. The maximum Gasteiger partial charge on any atom is 0.323 e. The van der Waals surface area contributed by atoms with Gasteiger partial charge in [-0.05, 0) is 32.8 Å². The highest BCUT2D eigenvalue weighted by atomic mass is 16.5. The summed E-state index contributed by atoms with van der Waals surface area (Å²) in [6, 6.07) is 6.09. The molecule has 4 nitrogen and oxygen atoms in total. The molecule has 0 radical (unpaired) electrons. The standard InChI is InChI=1S/C17H25NO3/c1-5-9-17(4,15(19)20)18-11-13-8-6-7-12-10-16(2,3)21-14(12)13/h6-8,18H,5,9-11H2,1-4H3,(H,19,20). The van der Waals surface area contributed by atoms with Crippen LogP contribution in [-0.4, -0.2) is 22.2 Å². The fourth-order valence-corrected chi connectivity index (χ4v) is 2.88. The molecule has 0 fully saturated rings. The molecule has 1 aromatic carbocycles. The van der Waals surface area contributed by atoms with E-state index < -0.39 is 11.5 Å². The minimum atomic E-state index is -0.897. The maximum atomic E-state index is 11.5. The van der Waals surface area contributed by atoms with Crippen LogP contribution >= 0.6 is 0 Å². The molecule has 0 bridgehead atoms. The van der Waals surface area contributed by atoms with Crippen molar-refractivity contribution in [2.24, 2.45) is 0 Å². The van der Waals surface area contributed by atoms with Crippen LogP contribution in [0.25, 0.3) is 0 Å². The number of ether oxygens (including phenoxy) is 1. The van der Waals surface area contributed by atoms with E-state index in [0.29, 0.717) is 13.0 Å². The first-order valence-electron chi connectivity index (χ1n) is 7.55. The van der Waals surface area contributed by atoms with E-state index in [1.54, 1.807) is 6.92 Å². The van der Waals surface area contributed by atoms with Gasteiger partial charge in [-0.3, -0.25) is 10.1 Å². The van der Waals surface area contributed by atoms with Gasteiger partial charge in [-0.15, -0.1) is 0 Å². The number of nitrogens with one attached hydrogen (secondary N) is 1. The minimum Gasteiger partial charge on any atom is -0.487 e. The van der Waals surface area contributed by atoms with Gasteiger partial charge in [-0.25, -0.2) is 0 Å². The zero-order valence-corrected chi connectivity index (χ0v) is 13.3. The Morgan fingerprint density at radius 3 is 2.81 bits per heavy atom. The Balaban J connectivity index is 2.15. The first kappa shape index (κ1) is 15.8. The van der Waals surface area contributed by atoms with E-state index in [-0.39, 0.29) is 5.60 Å². The number of carboxylic acids is 1. The summed E-state index contributed by atoms with van der Waals surface area (Å²) >= 11 is 0. The molecule has 1 aliphatic heterocycles. The quantitative estimate of drug-likeness (QED) is 0.845. The number of carboxylic acid groups (broad SMARTS) is 1. The van der Waals surface area contributed by atoms with Gasteiger partial charge in [-0.1, -0.05) is 31.5 Å². The molecule has 0 aliphatic carbocycles. The topological polar surface area (TPSA) is 58.6 Å². The fourth-order valence-electron chi connectivity index (χ4n) is 2.88. The van der Waals surface area contributed by atoms with Gasteiger partial charge in [0.15, 0.2) is 0 Å². The lowest BCUT2D eigenvalue weighted by molar-refractivity contribution is -0.144. The van der Waals surface area contributed by atoms with E-state index in [9.17, 15) is 9.90 Å². The normalized spacial score (nSPS) is 18.7. The lowest BCUT2D eigenvalue weighted by Gasteiger charge is -2.26. The van der Waals surface area contributed by atoms with Gasteiger partial charge in [-0.2, -0.15) is 0 Å². The van der Waals surface area contributed by atoms with E-state index in [4.69, 9.17) is 4.74 Å². The van der Waals surface area contributed by atoms with Gasteiger partial charge in [0.2, 0.25) is 0 Å². The predicted octanol–water partition coefficient (Wildman–Crippen LogP) is 3.13. The lowest BCUT2D eigenvalue weighted by Crippen LogP contribution is -2.48. The second-order valence-electron chi connectivity index (χ2n) is 6.68. The van der Waals surface area contributed by atoms with Crippen LogP contribution in [0.4, 0.5) is 0 Å². The molecule has 0 spiro atoms. The Morgan fingerprint density at radius 2 is 2.19 bits per heavy atom. The average Bonchev–Trinajstić information content (AvgIpc) is 2.70. The highest BCUT2D eigenvalue weighted by Gasteiger charge is 2.34. The van der Waals surface area contributed by atoms with E-state index in [0.717, 1.165) is 24.2 Å². The Bertz CT molecular complexity index is 539. The molecule has 0 aromatic heterocycles. The minimum absolute atomic E-state index is 0.183. The summed E-state index contributed by atoms with van der Waals surface area (Å²) in [7, 11) is 0. The van der Waals surface area contributed by atoms with Crippen LogP contribution in [0.15, 0.2) is 18.2 Å². The monoisotopic (exact) mass is 291 g/mol. The molecule has 0 amide bonds. The van der Waals surface area contributed by atoms with Gasteiger partial charge in [0.1, 0.15) is 16.9 Å². The SMILES string of the molecule is CCCC(C)(NCc1cccc2c1OC(C)(C)C2)C(=O)O. The van der Waals surface area contributed by atoms with Crippen LogP contribution in [0, 0.1) is 0 Å². The van der Waals surface area contributed by atoms with Crippen molar-refractivity contribution in [3.05, 3.63) is 29.3 Å². The molecule has 4 heteroatoms. The summed E-state index contributed by atoms with van der Waals surface area (Å²) in [5.41, 5.74) is 1.15. The summed E-state index contributed by atoms with van der Waals surface area (Å²) in [6.45, 7) is 8.38. The fraction of sp³-hybridized carbons (Fsp3) is 0.588. The molecule has 1 atom stereocenters. The van der Waals surface area contributed by atoms with Crippen molar-refractivity contribution in [3.8, 4) is 5.75 Å². The first-order valence-corrected chi connectivity index (χ1v) is 7.55. The third-order valence-corrected chi connectivity index (χ3v) is 4.06. The summed E-state index contributed by atoms with van der Waals surface area (Å²) < 4.78 is 6.02. The zero-order valence-electron chi connectivity index (χ0n) is 13.3. The molecule has 1 aliphatic rings. The Morgan fingerprint density at radius 1 is 1.48 bits per heavy atom. The Kier molecular flexibility index (Phi) is 4.28. The third kappa shape index (κ3) is 3.38. The number of rotatable bonds is 6. The smallest absolute Gasteiger partial charge is 0.323 e. The summed E-state index contributed by atoms with van der Waals surface area (Å²) in [4.78, 5) is 11.5. The predicted molar refractivity (Wildman–Crippen MR) is 82.6 cm³/mol. The molecule has 0 saturated heterocycles. The van der Waals surface area contributed by atoms with Crippen LogP contribution in [0.1, 0.15) is 51.7 Å². The van der Waals surface area contributed by atoms with Crippen molar-refractivity contribution in [1.82, 2.24) is 5.32 Å². The van der Waals surface area contributed by atoms with Gasteiger partial charge in [0.25, 0.3) is 0 Å². The highest BCUT2D eigenvalue weighted by molar-refractivity contribution is 5.78. The van der Waals surface area contributed by atoms with Crippen LogP contribution in [0.5, 0.6) is 5.75 Å². The van der Waals surface area contributed by atoms with Gasteiger partial charge in [0, 0.05) is 18.5 Å². The number of fused-ring (bicyclic) bond motifs is 1. The Hall–Kier alpha value is -1.55. The zero-order chi connectivity index (χ0) is 15.7. The van der Waals surface area contributed by atoms with E-state index in [1.807, 2.05) is 19.1 Å². The molecule has 1 aromatic rings. The van der Waals surface area contributed by atoms with E-state index in [2.05, 4.69) is 25.2 Å². The van der Waals surface area contributed by atoms with Crippen LogP contribution in [0.3, 0.4) is 0 Å². The summed E-state index contributed by atoms with van der Waals surface area (Å²) in [5.74, 6) is 0.109. The molecule has 21 heavy (non-hydrogen) atoms. The second-order valence-corrected chi connectivity index (χ2v) is 6.68. The van der Waals surface area contributed by atoms with Crippen molar-refractivity contribution in [3.63, 3.8) is 0 Å². The van der Waals surface area contributed by atoms with Crippen LogP contribution in [0.2, 0.25) is 0 Å². The van der Waals surface area contributed by atoms with Crippen molar-refractivity contribution in [2.75, 3.05) is 0 Å². The van der Waals surface area contributed by atoms with Crippen molar-refractivity contribution in [2.45, 2.75) is 64.6 Å². The summed E-state index contributed by atoms with van der Waals surface area (Å²) in [6.07, 6.45) is 2.32. The maximum absolute atomic E-state index is 11.5. The van der Waals surface area contributed by atoms with Gasteiger partial charge < -0.3 is 9.84 Å². The summed E-state index contributed by atoms with van der Waals surface area (Å²) in [5, 5.41) is 12.6. The lowest BCUT2D eigenvalue weighted by atomic mass is 9.95. The van der Waals surface area contributed by atoms with Crippen LogP contribution in [-0.2, 0) is 17.8 Å². The number of hydrogen-bond donors (Lipinski definition) is 2. The number of carbonyl (C=O) groups is 1. The second kappa shape index (κ2) is 5.68.